The van der Waals surface area contributed by atoms with E-state index >= 15 is 0 Å². The normalized spacial score (nSPS) is 17.6. The molecule has 2 aromatic rings. The smallest absolute Gasteiger partial charge is 0.242 e. The van der Waals surface area contributed by atoms with Gasteiger partial charge in [0.1, 0.15) is 5.25 Å². The van der Waals surface area contributed by atoms with Crippen LogP contribution in [0.25, 0.3) is 0 Å². The van der Waals surface area contributed by atoms with Crippen LogP contribution in [0.1, 0.15) is 23.1 Å². The minimum absolute atomic E-state index is 0.0909. The van der Waals surface area contributed by atoms with Crippen LogP contribution in [0, 0.1) is 20.8 Å². The molecule has 0 unspecified atom stereocenters. The van der Waals surface area contributed by atoms with Gasteiger partial charge >= 0.3 is 0 Å². The summed E-state index contributed by atoms with van der Waals surface area (Å²) >= 11 is 1.34. The molecule has 30 heavy (non-hydrogen) atoms. The van der Waals surface area contributed by atoms with Crippen molar-refractivity contribution in [2.45, 2.75) is 32.4 Å². The predicted octanol–water partition coefficient (Wildman–Crippen LogP) is 4.22. The Morgan fingerprint density at radius 2 is 1.87 bits per heavy atom. The second-order valence-electron chi connectivity index (χ2n) is 7.34. The summed E-state index contributed by atoms with van der Waals surface area (Å²) in [5.74, 6) is -0.290. The van der Waals surface area contributed by atoms with Gasteiger partial charge < -0.3 is 10.1 Å². The van der Waals surface area contributed by atoms with Gasteiger partial charge in [-0.1, -0.05) is 42.1 Å². The summed E-state index contributed by atoms with van der Waals surface area (Å²) in [6, 6.07) is 13.7. The lowest BCUT2D eigenvalue weighted by Gasteiger charge is -2.16. The predicted molar refractivity (Wildman–Crippen MR) is 122 cm³/mol. The zero-order valence-corrected chi connectivity index (χ0v) is 18.6. The SMILES string of the molecule is COCCN1C(=O)[C@H](CC(=O)Nc2c(C)cccc2C)SC1=Nc1cccc(C)c1. The molecule has 1 aliphatic rings. The van der Waals surface area contributed by atoms with Crippen LogP contribution in [-0.2, 0) is 14.3 Å². The van der Waals surface area contributed by atoms with E-state index in [9.17, 15) is 9.59 Å². The lowest BCUT2D eigenvalue weighted by atomic mass is 10.1. The van der Waals surface area contributed by atoms with Crippen molar-refractivity contribution in [1.82, 2.24) is 4.90 Å². The average molecular weight is 426 g/mol. The number of hydrogen-bond acceptors (Lipinski definition) is 5. The zero-order valence-electron chi connectivity index (χ0n) is 17.8. The third-order valence-corrected chi connectivity index (χ3v) is 6.06. The molecule has 3 rings (SSSR count). The van der Waals surface area contributed by atoms with Crippen molar-refractivity contribution in [3.05, 3.63) is 59.2 Å². The molecule has 1 N–H and O–H groups in total. The Balaban J connectivity index is 1.76. The van der Waals surface area contributed by atoms with Crippen LogP contribution in [0.5, 0.6) is 0 Å². The summed E-state index contributed by atoms with van der Waals surface area (Å²) in [7, 11) is 1.60. The minimum atomic E-state index is -0.505. The monoisotopic (exact) mass is 425 g/mol. The second kappa shape index (κ2) is 9.91. The molecule has 1 saturated heterocycles. The maximum absolute atomic E-state index is 13.0. The highest BCUT2D eigenvalue weighted by Crippen LogP contribution is 2.32. The average Bonchev–Trinajstić information content (AvgIpc) is 2.97. The molecule has 2 aromatic carbocycles. The van der Waals surface area contributed by atoms with E-state index in [0.717, 1.165) is 28.1 Å². The number of rotatable bonds is 7. The number of anilines is 1. The Bertz CT molecular complexity index is 954. The van der Waals surface area contributed by atoms with Gasteiger partial charge in [-0.15, -0.1) is 0 Å². The number of nitrogens with one attached hydrogen (secondary N) is 1. The summed E-state index contributed by atoms with van der Waals surface area (Å²) in [6.45, 7) is 6.72. The molecular formula is C23H27N3O3S. The van der Waals surface area contributed by atoms with Gasteiger partial charge in [-0.2, -0.15) is 0 Å². The van der Waals surface area contributed by atoms with Gasteiger partial charge in [-0.3, -0.25) is 14.5 Å². The molecule has 0 radical (unpaired) electrons. The number of benzene rings is 2. The summed E-state index contributed by atoms with van der Waals surface area (Å²) in [5.41, 5.74) is 4.68. The first-order valence-corrected chi connectivity index (χ1v) is 10.8. The number of ether oxygens (including phenoxy) is 1. The number of thioether (sulfide) groups is 1. The van der Waals surface area contributed by atoms with E-state index < -0.39 is 5.25 Å². The molecule has 0 spiro atoms. The van der Waals surface area contributed by atoms with Gasteiger partial charge in [0.25, 0.3) is 0 Å². The van der Waals surface area contributed by atoms with Gasteiger partial charge in [-0.05, 0) is 49.6 Å². The maximum Gasteiger partial charge on any atom is 0.242 e. The van der Waals surface area contributed by atoms with Gasteiger partial charge in [0, 0.05) is 19.2 Å². The lowest BCUT2D eigenvalue weighted by Crippen LogP contribution is -2.35. The van der Waals surface area contributed by atoms with E-state index in [4.69, 9.17) is 4.74 Å². The molecule has 0 saturated carbocycles. The molecule has 1 aliphatic heterocycles. The fourth-order valence-corrected chi connectivity index (χ4v) is 4.48. The first-order chi connectivity index (χ1) is 14.4. The van der Waals surface area contributed by atoms with Gasteiger partial charge in [0.15, 0.2) is 5.17 Å². The Morgan fingerprint density at radius 3 is 2.53 bits per heavy atom. The topological polar surface area (TPSA) is 71.0 Å². The van der Waals surface area contributed by atoms with E-state index in [-0.39, 0.29) is 18.2 Å². The summed E-state index contributed by atoms with van der Waals surface area (Å²) in [6.07, 6.45) is 0.0909. The number of aliphatic imine (C=N–C) groups is 1. The van der Waals surface area contributed by atoms with Crippen LogP contribution in [0.3, 0.4) is 0 Å². The summed E-state index contributed by atoms with van der Waals surface area (Å²) in [5, 5.41) is 3.07. The van der Waals surface area contributed by atoms with Crippen molar-refractivity contribution in [3.63, 3.8) is 0 Å². The maximum atomic E-state index is 13.0. The van der Waals surface area contributed by atoms with Gasteiger partial charge in [0.2, 0.25) is 11.8 Å². The Kier molecular flexibility index (Phi) is 7.29. The molecule has 1 fully saturated rings. The van der Waals surface area contributed by atoms with E-state index in [2.05, 4.69) is 10.3 Å². The molecule has 6 nitrogen and oxygen atoms in total. The van der Waals surface area contributed by atoms with Crippen LogP contribution in [0.4, 0.5) is 11.4 Å². The summed E-state index contributed by atoms with van der Waals surface area (Å²) < 4.78 is 5.15. The number of aryl methyl sites for hydroxylation is 3. The van der Waals surface area contributed by atoms with Crippen molar-refractivity contribution in [2.75, 3.05) is 25.6 Å². The minimum Gasteiger partial charge on any atom is -0.383 e. The number of para-hydroxylation sites is 1. The standard InChI is InChI=1S/C23H27N3O3S/c1-15-7-5-10-18(13-15)24-23-26(11-12-29-4)22(28)19(30-23)14-20(27)25-21-16(2)8-6-9-17(21)3/h5-10,13,19H,11-12,14H2,1-4H3,(H,25,27)/t19-/m0/s1. The van der Waals surface area contributed by atoms with Crippen LogP contribution < -0.4 is 5.32 Å². The van der Waals surface area contributed by atoms with E-state index in [1.54, 1.807) is 12.0 Å². The third-order valence-electron chi connectivity index (χ3n) is 4.88. The molecule has 0 aliphatic carbocycles. The van der Waals surface area contributed by atoms with E-state index in [1.807, 2.05) is 63.2 Å². The van der Waals surface area contributed by atoms with Crippen molar-refractivity contribution in [2.24, 2.45) is 4.99 Å². The number of amides is 2. The highest BCUT2D eigenvalue weighted by atomic mass is 32.2. The first-order valence-electron chi connectivity index (χ1n) is 9.87. The number of hydrogen-bond donors (Lipinski definition) is 1. The fraction of sp³-hybridized carbons (Fsp3) is 0.348. The van der Waals surface area contributed by atoms with E-state index in [1.165, 1.54) is 11.8 Å². The quantitative estimate of drug-likeness (QED) is 0.721. The van der Waals surface area contributed by atoms with Crippen molar-refractivity contribution >= 4 is 40.1 Å². The van der Waals surface area contributed by atoms with Crippen molar-refractivity contribution in [3.8, 4) is 0 Å². The van der Waals surface area contributed by atoms with E-state index in [0.29, 0.717) is 18.3 Å². The molecule has 7 heteroatoms. The Morgan fingerprint density at radius 1 is 1.17 bits per heavy atom. The van der Waals surface area contributed by atoms with Gasteiger partial charge in [-0.25, -0.2) is 4.99 Å². The molecule has 158 valence electrons. The Labute approximate surface area is 181 Å². The molecule has 1 atom stereocenters. The number of carbonyl (C=O) groups is 2. The van der Waals surface area contributed by atoms with Crippen molar-refractivity contribution < 1.29 is 14.3 Å². The van der Waals surface area contributed by atoms with Crippen LogP contribution >= 0.6 is 11.8 Å². The molecule has 1 heterocycles. The highest BCUT2D eigenvalue weighted by molar-refractivity contribution is 8.15. The molecule has 0 bridgehead atoms. The number of carbonyl (C=O) groups excluding carboxylic acids is 2. The van der Waals surface area contributed by atoms with Crippen molar-refractivity contribution in [1.29, 1.82) is 0 Å². The highest BCUT2D eigenvalue weighted by Gasteiger charge is 2.39. The Hall–Kier alpha value is -2.64. The number of methoxy groups -OCH3 is 1. The zero-order chi connectivity index (χ0) is 21.7. The fourth-order valence-electron chi connectivity index (χ4n) is 3.29. The van der Waals surface area contributed by atoms with Crippen LogP contribution in [0.2, 0.25) is 0 Å². The third kappa shape index (κ3) is 5.29. The second-order valence-corrected chi connectivity index (χ2v) is 8.51. The first kappa shape index (κ1) is 22.1. The van der Waals surface area contributed by atoms with Crippen LogP contribution in [-0.4, -0.2) is 47.4 Å². The van der Waals surface area contributed by atoms with Crippen LogP contribution in [0.15, 0.2) is 47.5 Å². The number of amidine groups is 1. The van der Waals surface area contributed by atoms with Gasteiger partial charge in [0.05, 0.1) is 18.8 Å². The number of nitrogens with zero attached hydrogens (tertiary/aromatic N) is 2. The molecule has 0 aromatic heterocycles. The molecular weight excluding hydrogens is 398 g/mol. The lowest BCUT2D eigenvalue weighted by molar-refractivity contribution is -0.128. The molecule has 2 amide bonds. The largest absolute Gasteiger partial charge is 0.383 e. The summed E-state index contributed by atoms with van der Waals surface area (Å²) in [4.78, 5) is 32.0.